The highest BCUT2D eigenvalue weighted by molar-refractivity contribution is 6.32. The smallest absolute Gasteiger partial charge is 0.216 e. The number of hydrogen-bond acceptors (Lipinski definition) is 4. The van der Waals surface area contributed by atoms with Gasteiger partial charge < -0.3 is 20.2 Å². The standard InChI is InChI=1S/C19H19ClN4O2/c1-12-3-5-13(6-4-12)17-10-22-18(26-17)11-23-19(21)24-14-7-8-16(25-2)15(20)9-14/h3-10H,11H2,1-2H3,(H3,21,23,24). The Morgan fingerprint density at radius 2 is 2.04 bits per heavy atom. The third kappa shape index (κ3) is 4.34. The third-order valence-electron chi connectivity index (χ3n) is 3.70. The first-order valence-corrected chi connectivity index (χ1v) is 8.35. The van der Waals surface area contributed by atoms with Crippen molar-refractivity contribution in [3.8, 4) is 17.1 Å². The molecule has 0 spiro atoms. The Bertz CT molecular complexity index is 920. The van der Waals surface area contributed by atoms with Crippen molar-refractivity contribution in [2.24, 2.45) is 10.7 Å². The lowest BCUT2D eigenvalue weighted by molar-refractivity contribution is 0.415. The Balaban J connectivity index is 1.64. The summed E-state index contributed by atoms with van der Waals surface area (Å²) in [5.41, 5.74) is 8.78. The van der Waals surface area contributed by atoms with Crippen LogP contribution in [0.3, 0.4) is 0 Å². The molecule has 6 nitrogen and oxygen atoms in total. The Morgan fingerprint density at radius 3 is 2.73 bits per heavy atom. The second-order valence-electron chi connectivity index (χ2n) is 5.66. The number of nitrogens with two attached hydrogens (primary N) is 1. The lowest BCUT2D eigenvalue weighted by Crippen LogP contribution is -2.22. The van der Waals surface area contributed by atoms with Gasteiger partial charge in [0, 0.05) is 11.3 Å². The molecule has 3 N–H and O–H groups in total. The number of aliphatic imine (C=N–C) groups is 1. The van der Waals surface area contributed by atoms with Crippen LogP contribution in [0.25, 0.3) is 11.3 Å². The maximum Gasteiger partial charge on any atom is 0.216 e. The summed E-state index contributed by atoms with van der Waals surface area (Å²) in [5, 5.41) is 3.45. The minimum absolute atomic E-state index is 0.231. The first kappa shape index (κ1) is 17.8. The van der Waals surface area contributed by atoms with Crippen molar-refractivity contribution in [1.82, 2.24) is 4.98 Å². The fraction of sp³-hybridized carbons (Fsp3) is 0.158. The number of halogens is 1. The second kappa shape index (κ2) is 7.93. The Kier molecular flexibility index (Phi) is 5.43. The molecule has 0 unspecified atom stereocenters. The van der Waals surface area contributed by atoms with E-state index in [1.54, 1.807) is 31.5 Å². The second-order valence-corrected chi connectivity index (χ2v) is 6.07. The zero-order valence-corrected chi connectivity index (χ0v) is 15.2. The van der Waals surface area contributed by atoms with E-state index in [0.717, 1.165) is 5.56 Å². The molecule has 7 heteroatoms. The van der Waals surface area contributed by atoms with E-state index in [2.05, 4.69) is 15.3 Å². The fourth-order valence-electron chi connectivity index (χ4n) is 2.32. The highest BCUT2D eigenvalue weighted by Gasteiger charge is 2.07. The number of hydrogen-bond donors (Lipinski definition) is 2. The van der Waals surface area contributed by atoms with Crippen LogP contribution in [-0.4, -0.2) is 18.1 Å². The number of oxazole rings is 1. The van der Waals surface area contributed by atoms with Crippen molar-refractivity contribution in [3.63, 3.8) is 0 Å². The molecule has 1 aromatic heterocycles. The predicted molar refractivity (Wildman–Crippen MR) is 104 cm³/mol. The summed E-state index contributed by atoms with van der Waals surface area (Å²) in [4.78, 5) is 8.47. The number of nitrogens with one attached hydrogen (secondary N) is 1. The van der Waals surface area contributed by atoms with E-state index in [1.807, 2.05) is 31.2 Å². The van der Waals surface area contributed by atoms with Crippen molar-refractivity contribution in [1.29, 1.82) is 0 Å². The molecular formula is C19H19ClN4O2. The molecule has 0 amide bonds. The summed E-state index contributed by atoms with van der Waals surface area (Å²) in [6, 6.07) is 13.3. The summed E-state index contributed by atoms with van der Waals surface area (Å²) in [7, 11) is 1.56. The van der Waals surface area contributed by atoms with E-state index in [1.165, 1.54) is 5.56 Å². The van der Waals surface area contributed by atoms with Crippen LogP contribution in [0.15, 0.2) is 58.1 Å². The van der Waals surface area contributed by atoms with Crippen molar-refractivity contribution in [2.45, 2.75) is 13.5 Å². The first-order valence-electron chi connectivity index (χ1n) is 7.97. The van der Waals surface area contributed by atoms with Gasteiger partial charge >= 0.3 is 0 Å². The number of benzene rings is 2. The fourth-order valence-corrected chi connectivity index (χ4v) is 2.58. The van der Waals surface area contributed by atoms with Crippen molar-refractivity contribution >= 4 is 23.2 Å². The van der Waals surface area contributed by atoms with Gasteiger partial charge in [-0.2, -0.15) is 0 Å². The Morgan fingerprint density at radius 1 is 1.27 bits per heavy atom. The van der Waals surface area contributed by atoms with Crippen LogP contribution in [0.4, 0.5) is 5.69 Å². The SMILES string of the molecule is COc1ccc(NC(N)=NCc2ncc(-c3ccc(C)cc3)o2)cc1Cl. The molecule has 134 valence electrons. The van der Waals surface area contributed by atoms with E-state index in [4.69, 9.17) is 26.5 Å². The van der Waals surface area contributed by atoms with Crippen LogP contribution in [0.2, 0.25) is 5.02 Å². The molecule has 26 heavy (non-hydrogen) atoms. The lowest BCUT2D eigenvalue weighted by atomic mass is 10.1. The number of guanidine groups is 1. The summed E-state index contributed by atoms with van der Waals surface area (Å²) >= 11 is 6.09. The van der Waals surface area contributed by atoms with Crippen molar-refractivity contribution < 1.29 is 9.15 Å². The molecule has 1 heterocycles. The van der Waals surface area contributed by atoms with Gasteiger partial charge in [-0.25, -0.2) is 9.98 Å². The topological polar surface area (TPSA) is 85.7 Å². The molecular weight excluding hydrogens is 352 g/mol. The van der Waals surface area contributed by atoms with Gasteiger partial charge in [-0.3, -0.25) is 0 Å². The lowest BCUT2D eigenvalue weighted by Gasteiger charge is -2.08. The normalized spacial score (nSPS) is 11.4. The molecule has 0 aliphatic carbocycles. The number of aryl methyl sites for hydroxylation is 1. The zero-order valence-electron chi connectivity index (χ0n) is 14.5. The van der Waals surface area contributed by atoms with Crippen molar-refractivity contribution in [3.05, 3.63) is 65.1 Å². The number of ether oxygens (including phenoxy) is 1. The van der Waals surface area contributed by atoms with Crippen LogP contribution in [0, 0.1) is 6.92 Å². The number of anilines is 1. The first-order chi connectivity index (χ1) is 12.5. The van der Waals surface area contributed by atoms with Gasteiger partial charge in [0.2, 0.25) is 5.89 Å². The zero-order chi connectivity index (χ0) is 18.5. The maximum absolute atomic E-state index is 6.09. The molecule has 0 radical (unpaired) electrons. The van der Waals surface area contributed by atoms with Gasteiger partial charge in [-0.05, 0) is 25.1 Å². The van der Waals surface area contributed by atoms with Gasteiger partial charge in [0.25, 0.3) is 0 Å². The molecule has 0 bridgehead atoms. The van der Waals surface area contributed by atoms with E-state index < -0.39 is 0 Å². The predicted octanol–water partition coefficient (Wildman–Crippen LogP) is 4.24. The molecule has 3 rings (SSSR count). The van der Waals surface area contributed by atoms with Crippen LogP contribution >= 0.6 is 11.6 Å². The van der Waals surface area contributed by atoms with Gasteiger partial charge in [0.15, 0.2) is 11.7 Å². The van der Waals surface area contributed by atoms with Gasteiger partial charge in [-0.15, -0.1) is 0 Å². The number of methoxy groups -OCH3 is 1. The van der Waals surface area contributed by atoms with E-state index in [9.17, 15) is 0 Å². The third-order valence-corrected chi connectivity index (χ3v) is 3.99. The number of nitrogens with zero attached hydrogens (tertiary/aromatic N) is 2. The summed E-state index contributed by atoms with van der Waals surface area (Å²) in [6.45, 7) is 2.27. The molecule has 0 fully saturated rings. The van der Waals surface area contributed by atoms with Crippen molar-refractivity contribution in [2.75, 3.05) is 12.4 Å². The van der Waals surface area contributed by atoms with Crippen LogP contribution < -0.4 is 15.8 Å². The molecule has 3 aromatic rings. The van der Waals surface area contributed by atoms with Crippen LogP contribution in [0.5, 0.6) is 5.75 Å². The maximum atomic E-state index is 6.09. The van der Waals surface area contributed by atoms with Crippen LogP contribution in [-0.2, 0) is 6.54 Å². The van der Waals surface area contributed by atoms with Gasteiger partial charge in [-0.1, -0.05) is 41.4 Å². The quantitative estimate of drug-likeness (QED) is 0.518. The number of rotatable bonds is 5. The van der Waals surface area contributed by atoms with Gasteiger partial charge in [0.05, 0.1) is 18.3 Å². The summed E-state index contributed by atoms with van der Waals surface area (Å²) < 4.78 is 10.8. The Labute approximate surface area is 156 Å². The highest BCUT2D eigenvalue weighted by Crippen LogP contribution is 2.27. The summed E-state index contributed by atoms with van der Waals surface area (Å²) in [6.07, 6.45) is 1.68. The van der Waals surface area contributed by atoms with E-state index >= 15 is 0 Å². The minimum atomic E-state index is 0.231. The molecule has 0 saturated heterocycles. The summed E-state index contributed by atoms with van der Waals surface area (Å²) in [5.74, 6) is 2.01. The average Bonchev–Trinajstić information content (AvgIpc) is 3.10. The molecule has 0 saturated carbocycles. The average molecular weight is 371 g/mol. The molecule has 0 atom stereocenters. The largest absolute Gasteiger partial charge is 0.495 e. The monoisotopic (exact) mass is 370 g/mol. The highest BCUT2D eigenvalue weighted by atomic mass is 35.5. The van der Waals surface area contributed by atoms with E-state index in [0.29, 0.717) is 28.1 Å². The Hall–Kier alpha value is -2.99. The molecule has 2 aromatic carbocycles. The molecule has 0 aliphatic rings. The van der Waals surface area contributed by atoms with Gasteiger partial charge in [0.1, 0.15) is 12.3 Å². The number of aromatic nitrogens is 1. The van der Waals surface area contributed by atoms with E-state index in [-0.39, 0.29) is 12.5 Å². The molecule has 0 aliphatic heterocycles. The minimum Gasteiger partial charge on any atom is -0.495 e. The van der Waals surface area contributed by atoms with Crippen LogP contribution in [0.1, 0.15) is 11.5 Å².